The van der Waals surface area contributed by atoms with Crippen molar-refractivity contribution in [3.63, 3.8) is 0 Å². The van der Waals surface area contributed by atoms with Gasteiger partial charge in [0.15, 0.2) is 5.13 Å². The Bertz CT molecular complexity index is 1220. The van der Waals surface area contributed by atoms with Crippen molar-refractivity contribution in [3.8, 4) is 21.8 Å². The number of hydrogen-bond acceptors (Lipinski definition) is 5. The van der Waals surface area contributed by atoms with E-state index in [2.05, 4.69) is 31.2 Å². The van der Waals surface area contributed by atoms with E-state index >= 15 is 0 Å². The lowest BCUT2D eigenvalue weighted by Crippen LogP contribution is -2.07. The number of fused-ring (bicyclic) bond motifs is 3. The maximum Gasteiger partial charge on any atom is 0.223 e. The third-order valence-electron chi connectivity index (χ3n) is 4.90. The van der Waals surface area contributed by atoms with Gasteiger partial charge in [-0.25, -0.2) is 9.67 Å². The summed E-state index contributed by atoms with van der Waals surface area (Å²) in [6.07, 6.45) is 13.3. The van der Waals surface area contributed by atoms with Crippen molar-refractivity contribution in [2.45, 2.75) is 33.6 Å². The van der Waals surface area contributed by atoms with E-state index in [0.29, 0.717) is 5.13 Å². The van der Waals surface area contributed by atoms with Gasteiger partial charge < -0.3 is 5.32 Å². The molecule has 1 aliphatic rings. The average molecular weight is 496 g/mol. The number of allylic oxidation sites excluding steroid dienone is 6. The molecule has 158 valence electrons. The Morgan fingerprint density at radius 3 is 2.84 bits per heavy atom. The molecule has 0 spiro atoms. The smallest absolute Gasteiger partial charge is 0.223 e. The van der Waals surface area contributed by atoms with Crippen LogP contribution < -0.4 is 5.32 Å². The minimum Gasteiger partial charge on any atom is -0.302 e. The number of nitrogens with one attached hydrogen (secondary N) is 1. The Morgan fingerprint density at radius 1 is 1.32 bits per heavy atom. The maximum absolute atomic E-state index is 11.6. The van der Waals surface area contributed by atoms with Crippen LogP contribution in [-0.2, 0) is 17.6 Å². The van der Waals surface area contributed by atoms with Crippen LogP contribution >= 0.6 is 27.3 Å². The first-order chi connectivity index (χ1) is 15.0. The first-order valence-corrected chi connectivity index (χ1v) is 11.6. The highest BCUT2D eigenvalue weighted by Crippen LogP contribution is 2.45. The van der Waals surface area contributed by atoms with Crippen LogP contribution in [0.2, 0.25) is 0 Å². The van der Waals surface area contributed by atoms with Gasteiger partial charge in [-0.15, -0.1) is 0 Å². The van der Waals surface area contributed by atoms with Crippen LogP contribution in [0.3, 0.4) is 0 Å². The molecule has 0 saturated heterocycles. The van der Waals surface area contributed by atoms with Gasteiger partial charge in [0.25, 0.3) is 0 Å². The Hall–Kier alpha value is -2.84. The summed E-state index contributed by atoms with van der Waals surface area (Å²) < 4.78 is 2.92. The number of hydrogen-bond donors (Lipinski definition) is 1. The zero-order valence-corrected chi connectivity index (χ0v) is 19.9. The quantitative estimate of drug-likeness (QED) is 0.451. The van der Waals surface area contributed by atoms with Gasteiger partial charge in [0.1, 0.15) is 0 Å². The highest BCUT2D eigenvalue weighted by molar-refractivity contribution is 9.12. The molecule has 1 amide bonds. The summed E-state index contributed by atoms with van der Waals surface area (Å²) in [5.41, 5.74) is 6.00. The van der Waals surface area contributed by atoms with Crippen LogP contribution in [0.4, 0.5) is 5.13 Å². The number of aryl methyl sites for hydroxylation is 1. The molecule has 1 N–H and O–H groups in total. The van der Waals surface area contributed by atoms with Gasteiger partial charge in [-0.05, 0) is 60.8 Å². The summed E-state index contributed by atoms with van der Waals surface area (Å²) in [6, 6.07) is 3.96. The minimum atomic E-state index is -0.124. The van der Waals surface area contributed by atoms with Gasteiger partial charge in [-0.1, -0.05) is 29.6 Å². The number of rotatable bonds is 5. The van der Waals surface area contributed by atoms with E-state index in [0.717, 1.165) is 50.5 Å². The van der Waals surface area contributed by atoms with Crippen molar-refractivity contribution in [1.82, 2.24) is 19.7 Å². The number of aromatic nitrogens is 4. The lowest BCUT2D eigenvalue weighted by molar-refractivity contribution is -0.114. The van der Waals surface area contributed by atoms with Crippen LogP contribution in [0, 0.1) is 0 Å². The van der Waals surface area contributed by atoms with E-state index in [4.69, 9.17) is 5.10 Å². The normalized spacial score (nSPS) is 13.9. The molecule has 0 saturated carbocycles. The van der Waals surface area contributed by atoms with Gasteiger partial charge in [0.05, 0.1) is 27.7 Å². The zero-order valence-electron chi connectivity index (χ0n) is 17.5. The molecule has 4 rings (SSSR count). The summed E-state index contributed by atoms with van der Waals surface area (Å²) in [7, 11) is 0. The molecular weight excluding hydrogens is 474 g/mol. The summed E-state index contributed by atoms with van der Waals surface area (Å²) in [5, 5.41) is 8.50. The third kappa shape index (κ3) is 4.18. The predicted molar refractivity (Wildman–Crippen MR) is 130 cm³/mol. The number of carbonyl (C=O) groups excluding carboxylic acids is 1. The van der Waals surface area contributed by atoms with Gasteiger partial charge >= 0.3 is 0 Å². The van der Waals surface area contributed by atoms with Crippen molar-refractivity contribution in [2.75, 3.05) is 5.32 Å². The Kier molecular flexibility index (Phi) is 6.29. The van der Waals surface area contributed by atoms with Crippen molar-refractivity contribution in [3.05, 3.63) is 64.6 Å². The van der Waals surface area contributed by atoms with E-state index in [-0.39, 0.29) is 5.91 Å². The molecule has 3 aromatic heterocycles. The topological polar surface area (TPSA) is 72.7 Å². The molecule has 3 aromatic rings. The first-order valence-electron chi connectivity index (χ1n) is 9.99. The number of halogens is 1. The summed E-state index contributed by atoms with van der Waals surface area (Å²) >= 11 is 5.19. The Labute approximate surface area is 193 Å². The second-order valence-electron chi connectivity index (χ2n) is 7.02. The Balaban J connectivity index is 1.99. The monoisotopic (exact) mass is 495 g/mol. The highest BCUT2D eigenvalue weighted by atomic mass is 79.9. The second-order valence-corrected chi connectivity index (χ2v) is 8.87. The molecule has 3 heterocycles. The molecule has 0 aliphatic heterocycles. The van der Waals surface area contributed by atoms with Crippen LogP contribution in [0.5, 0.6) is 0 Å². The molecular formula is C23H22BrN5OS. The molecule has 8 heteroatoms. The number of carbonyl (C=O) groups is 1. The fraction of sp³-hybridized carbons (Fsp3) is 0.217. The van der Waals surface area contributed by atoms with Crippen LogP contribution in [0.25, 0.3) is 27.5 Å². The summed E-state index contributed by atoms with van der Waals surface area (Å²) in [4.78, 5) is 21.6. The number of anilines is 1. The average Bonchev–Trinajstić information content (AvgIpc) is 3.35. The SMILES string of the molecule is C\C=C/C=C(\C(Br)=C\C)n1nc(-c2cccnc2)c2c1-c1sc(NC(C)=O)nc1CC2. The maximum atomic E-state index is 11.6. The van der Waals surface area contributed by atoms with Crippen LogP contribution in [-0.4, -0.2) is 25.7 Å². The largest absolute Gasteiger partial charge is 0.302 e. The van der Waals surface area contributed by atoms with Crippen LogP contribution in [0.15, 0.2) is 53.3 Å². The van der Waals surface area contributed by atoms with Crippen molar-refractivity contribution in [2.24, 2.45) is 0 Å². The fourth-order valence-corrected chi connectivity index (χ4v) is 4.99. The van der Waals surface area contributed by atoms with E-state index in [1.165, 1.54) is 23.8 Å². The minimum absolute atomic E-state index is 0.124. The standard InChI is InChI=1S/C23H22BrN5OS/c1-4-6-9-19(17(24)5-2)29-21-16(20(28-29)15-8-7-12-25-13-15)10-11-18-22(21)31-23(27-18)26-14(3)30/h4-9,12-13H,10-11H2,1-3H3,(H,26,27,30)/b6-4-,17-5-,19-9+. The molecule has 6 nitrogen and oxygen atoms in total. The van der Waals surface area contributed by atoms with E-state index in [1.807, 2.05) is 61.2 Å². The van der Waals surface area contributed by atoms with Gasteiger partial charge in [-0.2, -0.15) is 5.10 Å². The lowest BCUT2D eigenvalue weighted by Gasteiger charge is -2.15. The van der Waals surface area contributed by atoms with Crippen molar-refractivity contribution in [1.29, 1.82) is 0 Å². The molecule has 0 bridgehead atoms. The number of pyridine rings is 1. The molecule has 0 radical (unpaired) electrons. The fourth-order valence-electron chi connectivity index (χ4n) is 3.57. The number of thiazole rings is 1. The van der Waals surface area contributed by atoms with Gasteiger partial charge in [0.2, 0.25) is 5.91 Å². The number of amides is 1. The molecule has 0 aromatic carbocycles. The predicted octanol–water partition coefficient (Wildman–Crippen LogP) is 5.84. The third-order valence-corrected chi connectivity index (χ3v) is 6.78. The first kappa shape index (κ1) is 21.4. The molecule has 1 aliphatic carbocycles. The van der Waals surface area contributed by atoms with Gasteiger partial charge in [0, 0.05) is 34.9 Å². The molecule has 0 unspecified atom stereocenters. The van der Waals surface area contributed by atoms with E-state index in [9.17, 15) is 4.79 Å². The molecule has 0 fully saturated rings. The zero-order chi connectivity index (χ0) is 22.0. The van der Waals surface area contributed by atoms with E-state index in [1.54, 1.807) is 6.20 Å². The van der Waals surface area contributed by atoms with E-state index < -0.39 is 0 Å². The number of nitrogens with zero attached hydrogens (tertiary/aromatic N) is 4. The van der Waals surface area contributed by atoms with Crippen molar-refractivity contribution >= 4 is 44.0 Å². The molecule has 31 heavy (non-hydrogen) atoms. The van der Waals surface area contributed by atoms with Crippen LogP contribution in [0.1, 0.15) is 32.0 Å². The molecule has 0 atom stereocenters. The summed E-state index contributed by atoms with van der Waals surface area (Å²) in [5.74, 6) is -0.124. The lowest BCUT2D eigenvalue weighted by atomic mass is 9.95. The van der Waals surface area contributed by atoms with Crippen molar-refractivity contribution < 1.29 is 4.79 Å². The second kappa shape index (κ2) is 9.11. The summed E-state index contributed by atoms with van der Waals surface area (Å²) in [6.45, 7) is 5.47. The Morgan fingerprint density at radius 2 is 2.16 bits per heavy atom. The highest BCUT2D eigenvalue weighted by Gasteiger charge is 2.30. The van der Waals surface area contributed by atoms with Gasteiger partial charge in [-0.3, -0.25) is 9.78 Å².